The first-order valence-electron chi connectivity index (χ1n) is 7.85. The first-order valence-corrected chi connectivity index (χ1v) is 7.85. The summed E-state index contributed by atoms with van der Waals surface area (Å²) in [4.78, 5) is 0. The van der Waals surface area contributed by atoms with Gasteiger partial charge < -0.3 is 14.7 Å². The van der Waals surface area contributed by atoms with Gasteiger partial charge >= 0.3 is 0 Å². The molecule has 0 atom stereocenters. The monoisotopic (exact) mass is 321 g/mol. The molecule has 3 aromatic carbocycles. The lowest BCUT2D eigenvalue weighted by Crippen LogP contribution is -2.00. The summed E-state index contributed by atoms with van der Waals surface area (Å²) in [5.41, 5.74) is 1.84. The second-order valence-corrected chi connectivity index (χ2v) is 5.35. The van der Waals surface area contributed by atoms with E-state index in [4.69, 9.17) is 14.7 Å². The number of fused-ring (bicyclic) bond motifs is 1. The normalized spacial score (nSPS) is 11.0. The lowest BCUT2D eigenvalue weighted by molar-refractivity contribution is 0.269. The van der Waals surface area contributed by atoms with Crippen LogP contribution in [0.1, 0.15) is 18.1 Å². The lowest BCUT2D eigenvalue weighted by Gasteiger charge is -2.13. The van der Waals surface area contributed by atoms with Crippen LogP contribution in [0.2, 0.25) is 0 Å². The van der Waals surface area contributed by atoms with Crippen LogP contribution >= 0.6 is 0 Å². The van der Waals surface area contributed by atoms with Crippen LogP contribution < -0.4 is 9.47 Å². The molecule has 4 heteroatoms. The Kier molecular flexibility index (Phi) is 4.96. The standard InChI is InChI=1S/C20H19NO3/c1-2-23-20-12-15(13-21-22)8-10-19(20)24-14-16-7-9-17-5-3-4-6-18(17)11-16/h3-13,22H,2,14H2,1H3/b21-13-. The van der Waals surface area contributed by atoms with Crippen molar-refractivity contribution in [1.82, 2.24) is 0 Å². The van der Waals surface area contributed by atoms with Crippen molar-refractivity contribution in [3.05, 3.63) is 71.8 Å². The van der Waals surface area contributed by atoms with Crippen LogP contribution in [0.25, 0.3) is 10.8 Å². The zero-order valence-electron chi connectivity index (χ0n) is 13.5. The zero-order chi connectivity index (χ0) is 16.8. The molecule has 0 unspecified atom stereocenters. The van der Waals surface area contributed by atoms with Gasteiger partial charge in [0.1, 0.15) is 6.61 Å². The van der Waals surface area contributed by atoms with Gasteiger partial charge in [-0.05, 0) is 47.5 Å². The molecule has 3 aromatic rings. The van der Waals surface area contributed by atoms with E-state index in [1.807, 2.05) is 31.2 Å². The number of hydrogen-bond donors (Lipinski definition) is 1. The highest BCUT2D eigenvalue weighted by molar-refractivity contribution is 5.83. The molecule has 4 nitrogen and oxygen atoms in total. The highest BCUT2D eigenvalue weighted by Crippen LogP contribution is 2.29. The Morgan fingerprint density at radius 1 is 0.917 bits per heavy atom. The molecular formula is C20H19NO3. The molecule has 0 fully saturated rings. The molecule has 122 valence electrons. The molecule has 1 N–H and O–H groups in total. The van der Waals surface area contributed by atoms with Crippen LogP contribution in [0.3, 0.4) is 0 Å². The average Bonchev–Trinajstić information content (AvgIpc) is 2.61. The summed E-state index contributed by atoms with van der Waals surface area (Å²) < 4.78 is 11.5. The molecule has 0 amide bonds. The minimum Gasteiger partial charge on any atom is -0.490 e. The molecule has 0 aliphatic carbocycles. The topological polar surface area (TPSA) is 51.0 Å². The summed E-state index contributed by atoms with van der Waals surface area (Å²) in [5.74, 6) is 1.30. The Morgan fingerprint density at radius 3 is 2.54 bits per heavy atom. The number of benzene rings is 3. The van der Waals surface area contributed by atoms with Crippen molar-refractivity contribution in [1.29, 1.82) is 0 Å². The van der Waals surface area contributed by atoms with Crippen molar-refractivity contribution in [3.8, 4) is 11.5 Å². The fraction of sp³-hybridized carbons (Fsp3) is 0.150. The van der Waals surface area contributed by atoms with E-state index < -0.39 is 0 Å². The van der Waals surface area contributed by atoms with E-state index in [9.17, 15) is 0 Å². The highest BCUT2D eigenvalue weighted by atomic mass is 16.5. The molecule has 0 saturated carbocycles. The fourth-order valence-electron chi connectivity index (χ4n) is 2.55. The average molecular weight is 321 g/mol. The fourth-order valence-corrected chi connectivity index (χ4v) is 2.55. The Labute approximate surface area is 141 Å². The highest BCUT2D eigenvalue weighted by Gasteiger charge is 2.07. The van der Waals surface area contributed by atoms with E-state index in [-0.39, 0.29) is 0 Å². The maximum absolute atomic E-state index is 8.65. The minimum atomic E-state index is 0.457. The van der Waals surface area contributed by atoms with Gasteiger partial charge in [0.15, 0.2) is 11.5 Å². The third-order valence-electron chi connectivity index (χ3n) is 3.68. The van der Waals surface area contributed by atoms with E-state index in [0.717, 1.165) is 11.1 Å². The quantitative estimate of drug-likeness (QED) is 0.409. The van der Waals surface area contributed by atoms with Crippen molar-refractivity contribution < 1.29 is 14.7 Å². The second-order valence-electron chi connectivity index (χ2n) is 5.35. The molecule has 0 spiro atoms. The molecule has 0 aliphatic heterocycles. The van der Waals surface area contributed by atoms with Gasteiger partial charge in [0.05, 0.1) is 12.8 Å². The number of hydrogen-bond acceptors (Lipinski definition) is 4. The molecule has 0 saturated heterocycles. The maximum atomic E-state index is 8.65. The van der Waals surface area contributed by atoms with Crippen molar-refractivity contribution in [2.75, 3.05) is 6.61 Å². The van der Waals surface area contributed by atoms with Crippen LogP contribution in [-0.4, -0.2) is 18.0 Å². The van der Waals surface area contributed by atoms with Gasteiger partial charge in [-0.2, -0.15) is 0 Å². The van der Waals surface area contributed by atoms with Crippen LogP contribution in [0.4, 0.5) is 0 Å². The van der Waals surface area contributed by atoms with Crippen molar-refractivity contribution in [2.24, 2.45) is 5.16 Å². The maximum Gasteiger partial charge on any atom is 0.161 e. The summed E-state index contributed by atoms with van der Waals surface area (Å²) >= 11 is 0. The Bertz CT molecular complexity index is 858. The minimum absolute atomic E-state index is 0.457. The molecule has 0 radical (unpaired) electrons. The predicted molar refractivity (Wildman–Crippen MR) is 95.3 cm³/mol. The number of ether oxygens (including phenoxy) is 2. The van der Waals surface area contributed by atoms with E-state index in [0.29, 0.717) is 24.7 Å². The number of rotatable bonds is 6. The largest absolute Gasteiger partial charge is 0.490 e. The molecule has 0 heterocycles. The molecule has 24 heavy (non-hydrogen) atoms. The molecular weight excluding hydrogens is 302 g/mol. The number of nitrogens with zero attached hydrogens (tertiary/aromatic N) is 1. The summed E-state index contributed by atoms with van der Waals surface area (Å²) in [6, 6.07) is 20.0. The summed E-state index contributed by atoms with van der Waals surface area (Å²) in [5, 5.41) is 14.1. The van der Waals surface area contributed by atoms with Crippen molar-refractivity contribution >= 4 is 17.0 Å². The first kappa shape index (κ1) is 15.9. The van der Waals surface area contributed by atoms with Gasteiger partial charge in [0.25, 0.3) is 0 Å². The smallest absolute Gasteiger partial charge is 0.161 e. The van der Waals surface area contributed by atoms with Gasteiger partial charge in [-0.25, -0.2) is 0 Å². The van der Waals surface area contributed by atoms with Gasteiger partial charge in [0.2, 0.25) is 0 Å². The summed E-state index contributed by atoms with van der Waals surface area (Å²) in [7, 11) is 0. The van der Waals surface area contributed by atoms with E-state index >= 15 is 0 Å². The van der Waals surface area contributed by atoms with E-state index in [1.165, 1.54) is 17.0 Å². The van der Waals surface area contributed by atoms with Crippen LogP contribution in [0.15, 0.2) is 65.8 Å². The van der Waals surface area contributed by atoms with Crippen LogP contribution in [0.5, 0.6) is 11.5 Å². The van der Waals surface area contributed by atoms with E-state index in [1.54, 1.807) is 6.07 Å². The third-order valence-corrected chi connectivity index (χ3v) is 3.68. The Hall–Kier alpha value is -3.01. The van der Waals surface area contributed by atoms with Gasteiger partial charge in [0, 0.05) is 5.56 Å². The van der Waals surface area contributed by atoms with Gasteiger partial charge in [-0.15, -0.1) is 0 Å². The summed E-state index contributed by atoms with van der Waals surface area (Å²) in [6.45, 7) is 2.91. The van der Waals surface area contributed by atoms with E-state index in [2.05, 4.69) is 35.5 Å². The lowest BCUT2D eigenvalue weighted by atomic mass is 10.1. The second kappa shape index (κ2) is 7.51. The Morgan fingerprint density at radius 2 is 1.75 bits per heavy atom. The van der Waals surface area contributed by atoms with Gasteiger partial charge in [-0.3, -0.25) is 0 Å². The predicted octanol–water partition coefficient (Wildman–Crippen LogP) is 4.63. The van der Waals surface area contributed by atoms with Gasteiger partial charge in [-0.1, -0.05) is 41.6 Å². The first-order chi connectivity index (χ1) is 11.8. The molecule has 0 aromatic heterocycles. The third kappa shape index (κ3) is 3.66. The molecule has 0 aliphatic rings. The van der Waals surface area contributed by atoms with Crippen molar-refractivity contribution in [3.63, 3.8) is 0 Å². The zero-order valence-corrected chi connectivity index (χ0v) is 13.5. The summed E-state index contributed by atoms with van der Waals surface area (Å²) in [6.07, 6.45) is 1.36. The Balaban J connectivity index is 1.79. The number of oxime groups is 1. The molecule has 3 rings (SSSR count). The van der Waals surface area contributed by atoms with Crippen LogP contribution in [0, 0.1) is 0 Å². The van der Waals surface area contributed by atoms with Crippen LogP contribution in [-0.2, 0) is 6.61 Å². The molecule has 0 bridgehead atoms. The van der Waals surface area contributed by atoms with Crippen molar-refractivity contribution in [2.45, 2.75) is 13.5 Å². The SMILES string of the molecule is CCOc1cc(/C=N\O)ccc1OCc1ccc2ccccc2c1.